The minimum atomic E-state index is 0.0804. The second-order valence-electron chi connectivity index (χ2n) is 6.52. The molecule has 0 aliphatic carbocycles. The molecule has 27 heavy (non-hydrogen) atoms. The summed E-state index contributed by atoms with van der Waals surface area (Å²) in [6, 6.07) is 13.5. The zero-order valence-corrected chi connectivity index (χ0v) is 16.1. The maximum Gasteiger partial charge on any atom is 0.182 e. The van der Waals surface area contributed by atoms with Crippen molar-refractivity contribution in [1.82, 2.24) is 0 Å². The highest BCUT2D eigenvalue weighted by Crippen LogP contribution is 2.35. The van der Waals surface area contributed by atoms with Gasteiger partial charge in [-0.1, -0.05) is 36.0 Å². The molecule has 2 aliphatic heterocycles. The average Bonchev–Trinajstić information content (AvgIpc) is 2.72. The number of rotatable bonds is 4. The van der Waals surface area contributed by atoms with Gasteiger partial charge in [0.05, 0.1) is 6.54 Å². The Hall–Kier alpha value is -2.47. The number of aryl methyl sites for hydroxylation is 1. The van der Waals surface area contributed by atoms with Gasteiger partial charge in [-0.3, -0.25) is 9.79 Å². The number of aliphatic imine (C=N–C) groups is 1. The Labute approximate surface area is 163 Å². The van der Waals surface area contributed by atoms with E-state index < -0.39 is 0 Å². The fourth-order valence-corrected chi connectivity index (χ4v) is 4.16. The Balaban J connectivity index is 1.66. The fourth-order valence-electron chi connectivity index (χ4n) is 3.20. The van der Waals surface area contributed by atoms with Crippen molar-refractivity contribution in [2.45, 2.75) is 13.3 Å². The molecule has 0 saturated carbocycles. The van der Waals surface area contributed by atoms with Gasteiger partial charge in [0.15, 0.2) is 22.4 Å². The topological polar surface area (TPSA) is 51.1 Å². The van der Waals surface area contributed by atoms with Crippen LogP contribution in [0.15, 0.2) is 47.5 Å². The number of fused-ring (bicyclic) bond motifs is 1. The van der Waals surface area contributed by atoms with Crippen molar-refractivity contribution in [3.05, 3.63) is 53.6 Å². The van der Waals surface area contributed by atoms with E-state index >= 15 is 0 Å². The molecule has 0 bridgehead atoms. The second kappa shape index (κ2) is 8.05. The van der Waals surface area contributed by atoms with Gasteiger partial charge < -0.3 is 14.4 Å². The molecule has 5 nitrogen and oxygen atoms in total. The molecule has 0 fully saturated rings. The standard InChI is InChI=1S/C21H22N2O3S/c1-15-5-2-3-6-17(15)18(24)14-23(21-22-9-4-12-27-21)16-7-8-19-20(13-16)26-11-10-25-19/h2-3,5-8,13H,4,9-12,14H2,1H3. The van der Waals surface area contributed by atoms with Crippen LogP contribution in [0.1, 0.15) is 22.3 Å². The molecule has 6 heteroatoms. The zero-order chi connectivity index (χ0) is 18.6. The molecule has 2 aromatic rings. The van der Waals surface area contributed by atoms with Gasteiger partial charge >= 0.3 is 0 Å². The van der Waals surface area contributed by atoms with Crippen LogP contribution in [0.2, 0.25) is 0 Å². The van der Waals surface area contributed by atoms with Crippen LogP contribution in [-0.4, -0.2) is 43.0 Å². The van der Waals surface area contributed by atoms with Crippen molar-refractivity contribution in [2.75, 3.05) is 37.0 Å². The summed E-state index contributed by atoms with van der Waals surface area (Å²) in [6.45, 7) is 4.10. The molecule has 140 valence electrons. The lowest BCUT2D eigenvalue weighted by atomic mass is 10.0. The first-order valence-electron chi connectivity index (χ1n) is 9.15. The number of carbonyl (C=O) groups excluding carboxylic acids is 1. The van der Waals surface area contributed by atoms with Crippen molar-refractivity contribution in [2.24, 2.45) is 4.99 Å². The summed E-state index contributed by atoms with van der Waals surface area (Å²) in [6.07, 6.45) is 1.06. The molecule has 0 saturated heterocycles. The number of ether oxygens (including phenoxy) is 2. The Morgan fingerprint density at radius 2 is 1.96 bits per heavy atom. The first-order chi connectivity index (χ1) is 13.2. The third-order valence-electron chi connectivity index (χ3n) is 4.60. The van der Waals surface area contributed by atoms with Crippen LogP contribution in [0.5, 0.6) is 11.5 Å². The highest BCUT2D eigenvalue weighted by Gasteiger charge is 2.23. The smallest absolute Gasteiger partial charge is 0.182 e. The maximum absolute atomic E-state index is 13.0. The lowest BCUT2D eigenvalue weighted by Gasteiger charge is -2.28. The Morgan fingerprint density at radius 1 is 1.15 bits per heavy atom. The first-order valence-corrected chi connectivity index (χ1v) is 10.1. The normalized spacial score (nSPS) is 15.8. The molecule has 2 aliphatic rings. The predicted molar refractivity (Wildman–Crippen MR) is 110 cm³/mol. The van der Waals surface area contributed by atoms with Crippen molar-refractivity contribution < 1.29 is 14.3 Å². The first kappa shape index (κ1) is 17.9. The van der Waals surface area contributed by atoms with E-state index in [4.69, 9.17) is 9.47 Å². The third-order valence-corrected chi connectivity index (χ3v) is 5.70. The van der Waals surface area contributed by atoms with Crippen LogP contribution in [0, 0.1) is 6.92 Å². The number of thioether (sulfide) groups is 1. The van der Waals surface area contributed by atoms with Crippen LogP contribution < -0.4 is 14.4 Å². The summed E-state index contributed by atoms with van der Waals surface area (Å²) >= 11 is 1.70. The summed E-state index contributed by atoms with van der Waals surface area (Å²) in [5.74, 6) is 2.55. The van der Waals surface area contributed by atoms with Gasteiger partial charge in [0.1, 0.15) is 13.2 Å². The number of hydrogen-bond donors (Lipinski definition) is 0. The molecule has 0 N–H and O–H groups in total. The van der Waals surface area contributed by atoms with Gasteiger partial charge in [-0.05, 0) is 31.0 Å². The van der Waals surface area contributed by atoms with Gasteiger partial charge in [0.2, 0.25) is 0 Å². The summed E-state index contributed by atoms with van der Waals surface area (Å²) in [4.78, 5) is 19.7. The molecule has 0 amide bonds. The van der Waals surface area contributed by atoms with Crippen LogP contribution in [0.3, 0.4) is 0 Å². The number of hydrogen-bond acceptors (Lipinski definition) is 6. The molecule has 4 rings (SSSR count). The third kappa shape index (κ3) is 3.95. The fraction of sp³-hybridized carbons (Fsp3) is 0.333. The molecular formula is C21H22N2O3S. The average molecular weight is 382 g/mol. The monoisotopic (exact) mass is 382 g/mol. The number of carbonyl (C=O) groups is 1. The minimum absolute atomic E-state index is 0.0804. The zero-order valence-electron chi connectivity index (χ0n) is 15.3. The SMILES string of the molecule is Cc1ccccc1C(=O)CN(C1=NCCCS1)c1ccc2c(c1)OCCO2. The molecule has 0 spiro atoms. The molecule has 2 aromatic carbocycles. The van der Waals surface area contributed by atoms with E-state index in [2.05, 4.69) is 4.99 Å². The van der Waals surface area contributed by atoms with E-state index in [9.17, 15) is 4.79 Å². The van der Waals surface area contributed by atoms with E-state index in [1.54, 1.807) is 11.8 Å². The summed E-state index contributed by atoms with van der Waals surface area (Å²) in [5.41, 5.74) is 2.64. The summed E-state index contributed by atoms with van der Waals surface area (Å²) in [5, 5.41) is 0.889. The molecule has 0 aromatic heterocycles. The highest BCUT2D eigenvalue weighted by atomic mass is 32.2. The molecule has 2 heterocycles. The van der Waals surface area contributed by atoms with E-state index in [1.807, 2.05) is 54.3 Å². The lowest BCUT2D eigenvalue weighted by molar-refractivity contribution is 0.100. The van der Waals surface area contributed by atoms with Gasteiger partial charge in [-0.15, -0.1) is 0 Å². The molecular weight excluding hydrogens is 360 g/mol. The Morgan fingerprint density at radius 3 is 2.74 bits per heavy atom. The van der Waals surface area contributed by atoms with E-state index in [-0.39, 0.29) is 12.3 Å². The number of ketones is 1. The van der Waals surface area contributed by atoms with E-state index in [0.29, 0.717) is 19.0 Å². The van der Waals surface area contributed by atoms with Crippen LogP contribution >= 0.6 is 11.8 Å². The predicted octanol–water partition coefficient (Wildman–Crippen LogP) is 3.95. The second-order valence-corrected chi connectivity index (χ2v) is 7.58. The van der Waals surface area contributed by atoms with Gasteiger partial charge in [-0.2, -0.15) is 0 Å². The number of benzene rings is 2. The van der Waals surface area contributed by atoms with Crippen molar-refractivity contribution >= 4 is 28.4 Å². The Kier molecular flexibility index (Phi) is 5.34. The van der Waals surface area contributed by atoms with Crippen molar-refractivity contribution in [3.8, 4) is 11.5 Å². The molecule has 0 radical (unpaired) electrons. The van der Waals surface area contributed by atoms with Gasteiger partial charge in [0, 0.05) is 29.6 Å². The van der Waals surface area contributed by atoms with E-state index in [1.165, 1.54) is 0 Å². The van der Waals surface area contributed by atoms with E-state index in [0.717, 1.165) is 46.4 Å². The van der Waals surface area contributed by atoms with Gasteiger partial charge in [-0.25, -0.2) is 0 Å². The number of Topliss-reactive ketones (excluding diaryl/α,β-unsaturated/α-hetero) is 1. The minimum Gasteiger partial charge on any atom is -0.486 e. The van der Waals surface area contributed by atoms with Crippen LogP contribution in [0.25, 0.3) is 0 Å². The Bertz CT molecular complexity index is 881. The molecule has 0 atom stereocenters. The summed E-state index contributed by atoms with van der Waals surface area (Å²) < 4.78 is 11.4. The molecule has 0 unspecified atom stereocenters. The summed E-state index contributed by atoms with van der Waals surface area (Å²) in [7, 11) is 0. The highest BCUT2D eigenvalue weighted by molar-refractivity contribution is 8.14. The largest absolute Gasteiger partial charge is 0.486 e. The number of nitrogens with zero attached hydrogens (tertiary/aromatic N) is 2. The van der Waals surface area contributed by atoms with Crippen LogP contribution in [-0.2, 0) is 0 Å². The van der Waals surface area contributed by atoms with Gasteiger partial charge in [0.25, 0.3) is 0 Å². The van der Waals surface area contributed by atoms with Crippen molar-refractivity contribution in [3.63, 3.8) is 0 Å². The van der Waals surface area contributed by atoms with Crippen molar-refractivity contribution in [1.29, 1.82) is 0 Å². The maximum atomic E-state index is 13.0. The van der Waals surface area contributed by atoms with Crippen LogP contribution in [0.4, 0.5) is 5.69 Å². The number of anilines is 1. The lowest BCUT2D eigenvalue weighted by Crippen LogP contribution is -2.36. The quantitative estimate of drug-likeness (QED) is 0.750. The number of amidine groups is 1.